The zero-order valence-electron chi connectivity index (χ0n) is 18.7. The normalized spacial score (nSPS) is 11.4. The number of rotatable bonds is 9. The highest BCUT2D eigenvalue weighted by Gasteiger charge is 2.08. The smallest absolute Gasteiger partial charge is 0.195 e. The number of pyridine rings is 1. The molecule has 1 heterocycles. The van der Waals surface area contributed by atoms with Crippen LogP contribution in [0, 0.1) is 0 Å². The van der Waals surface area contributed by atoms with Crippen LogP contribution in [0.5, 0.6) is 5.75 Å². The second kappa shape index (κ2) is 11.2. The molecule has 3 aromatic rings. The van der Waals surface area contributed by atoms with Crippen molar-refractivity contribution >= 4 is 28.4 Å². The molecule has 0 spiro atoms. The Labute approximate surface area is 184 Å². The standard InChI is InChI=1S/C24H31N5O2/c1-25-24(27-19-9-7-10-20(16-19)31-14-8-13-30-4)26-17-18-15-23(29(2)3)28-22-12-6-5-11-21(18)22/h5-7,9-12,15-16H,8,13-14,17H2,1-4H3,(H2,25,26,27). The van der Waals surface area contributed by atoms with Crippen molar-refractivity contribution in [3.05, 3.63) is 60.2 Å². The number of benzene rings is 2. The van der Waals surface area contributed by atoms with Crippen LogP contribution in [0.1, 0.15) is 12.0 Å². The Morgan fingerprint density at radius 1 is 1.06 bits per heavy atom. The minimum Gasteiger partial charge on any atom is -0.493 e. The second-order valence-corrected chi connectivity index (χ2v) is 7.32. The van der Waals surface area contributed by atoms with Gasteiger partial charge in [-0.3, -0.25) is 4.99 Å². The summed E-state index contributed by atoms with van der Waals surface area (Å²) in [4.78, 5) is 11.1. The van der Waals surface area contributed by atoms with Crippen molar-refractivity contribution in [1.82, 2.24) is 10.3 Å². The third-order valence-electron chi connectivity index (χ3n) is 4.77. The van der Waals surface area contributed by atoms with Crippen molar-refractivity contribution in [2.24, 2.45) is 4.99 Å². The first kappa shape index (κ1) is 22.4. The molecule has 0 aliphatic carbocycles. The van der Waals surface area contributed by atoms with E-state index in [-0.39, 0.29) is 0 Å². The lowest BCUT2D eigenvalue weighted by atomic mass is 10.1. The number of aromatic nitrogens is 1. The molecule has 0 radical (unpaired) electrons. The van der Waals surface area contributed by atoms with Gasteiger partial charge in [0.15, 0.2) is 5.96 Å². The molecule has 0 atom stereocenters. The first-order valence-corrected chi connectivity index (χ1v) is 10.4. The van der Waals surface area contributed by atoms with E-state index in [1.807, 2.05) is 61.5 Å². The fourth-order valence-corrected chi connectivity index (χ4v) is 3.16. The van der Waals surface area contributed by atoms with Crippen LogP contribution < -0.4 is 20.3 Å². The highest BCUT2D eigenvalue weighted by molar-refractivity contribution is 5.94. The molecule has 0 unspecified atom stereocenters. The number of methoxy groups -OCH3 is 1. The fraction of sp³-hybridized carbons (Fsp3) is 0.333. The lowest BCUT2D eigenvalue weighted by molar-refractivity contribution is 0.172. The number of nitrogens with zero attached hydrogens (tertiary/aromatic N) is 3. The predicted octanol–water partition coefficient (Wildman–Crippen LogP) is 3.90. The summed E-state index contributed by atoms with van der Waals surface area (Å²) in [6, 6.07) is 18.1. The largest absolute Gasteiger partial charge is 0.493 e. The van der Waals surface area contributed by atoms with Crippen molar-refractivity contribution in [2.45, 2.75) is 13.0 Å². The first-order chi connectivity index (χ1) is 15.1. The summed E-state index contributed by atoms with van der Waals surface area (Å²) in [5.41, 5.74) is 3.05. The molecule has 0 fully saturated rings. The summed E-state index contributed by atoms with van der Waals surface area (Å²) < 4.78 is 10.8. The maximum absolute atomic E-state index is 5.79. The lowest BCUT2D eigenvalue weighted by Crippen LogP contribution is -2.30. The molecule has 0 aliphatic heterocycles. The van der Waals surface area contributed by atoms with Gasteiger partial charge in [0.1, 0.15) is 11.6 Å². The molecule has 0 amide bonds. The minimum absolute atomic E-state index is 0.619. The lowest BCUT2D eigenvalue weighted by Gasteiger charge is -2.17. The third kappa shape index (κ3) is 6.33. The number of anilines is 2. The molecule has 164 valence electrons. The molecule has 2 N–H and O–H groups in total. The number of fused-ring (bicyclic) bond motifs is 1. The number of para-hydroxylation sites is 1. The zero-order valence-corrected chi connectivity index (χ0v) is 18.7. The Bertz CT molecular complexity index is 1020. The van der Waals surface area contributed by atoms with E-state index in [9.17, 15) is 0 Å². The van der Waals surface area contributed by atoms with Crippen LogP contribution in [0.2, 0.25) is 0 Å². The highest BCUT2D eigenvalue weighted by Crippen LogP contribution is 2.22. The molecule has 0 bridgehead atoms. The molecule has 2 aromatic carbocycles. The Balaban J connectivity index is 1.68. The molecular weight excluding hydrogens is 390 g/mol. The number of aliphatic imine (C=N–C) groups is 1. The van der Waals surface area contributed by atoms with Crippen molar-refractivity contribution in [2.75, 3.05) is 51.7 Å². The maximum Gasteiger partial charge on any atom is 0.195 e. The summed E-state index contributed by atoms with van der Waals surface area (Å²) in [5.74, 6) is 2.42. The molecular formula is C24H31N5O2. The van der Waals surface area contributed by atoms with Crippen molar-refractivity contribution in [3.63, 3.8) is 0 Å². The van der Waals surface area contributed by atoms with Crippen LogP contribution in [0.25, 0.3) is 10.9 Å². The van der Waals surface area contributed by atoms with Gasteiger partial charge < -0.3 is 25.0 Å². The summed E-state index contributed by atoms with van der Waals surface area (Å²) in [6.45, 7) is 1.93. The number of ether oxygens (including phenoxy) is 2. The van der Waals surface area contributed by atoms with E-state index in [0.717, 1.165) is 40.1 Å². The molecule has 7 heteroatoms. The Morgan fingerprint density at radius 2 is 1.90 bits per heavy atom. The monoisotopic (exact) mass is 421 g/mol. The van der Waals surface area contributed by atoms with Gasteiger partial charge in [-0.1, -0.05) is 24.3 Å². The molecule has 3 rings (SSSR count). The van der Waals surface area contributed by atoms with Gasteiger partial charge in [-0.2, -0.15) is 0 Å². The SMILES string of the molecule is CN=C(NCc1cc(N(C)C)nc2ccccc12)Nc1cccc(OCCCOC)c1. The topological polar surface area (TPSA) is 71.0 Å². The Kier molecular flexibility index (Phi) is 8.06. The maximum atomic E-state index is 5.79. The van der Waals surface area contributed by atoms with Gasteiger partial charge >= 0.3 is 0 Å². The minimum atomic E-state index is 0.619. The van der Waals surface area contributed by atoms with Crippen molar-refractivity contribution in [3.8, 4) is 5.75 Å². The highest BCUT2D eigenvalue weighted by atomic mass is 16.5. The van der Waals surface area contributed by atoms with Gasteiger partial charge in [0.25, 0.3) is 0 Å². The van der Waals surface area contributed by atoms with Crippen LogP contribution in [-0.4, -0.2) is 52.4 Å². The van der Waals surface area contributed by atoms with Gasteiger partial charge in [0.2, 0.25) is 0 Å². The Hall–Kier alpha value is -3.32. The van der Waals surface area contributed by atoms with Crippen LogP contribution in [-0.2, 0) is 11.3 Å². The van der Waals surface area contributed by atoms with E-state index in [0.29, 0.717) is 25.7 Å². The third-order valence-corrected chi connectivity index (χ3v) is 4.77. The van der Waals surface area contributed by atoms with Crippen LogP contribution in [0.15, 0.2) is 59.6 Å². The summed E-state index contributed by atoms with van der Waals surface area (Å²) in [7, 11) is 7.45. The first-order valence-electron chi connectivity index (χ1n) is 10.4. The number of hydrogen-bond donors (Lipinski definition) is 2. The van der Waals surface area contributed by atoms with E-state index < -0.39 is 0 Å². The fourth-order valence-electron chi connectivity index (χ4n) is 3.16. The summed E-state index contributed by atoms with van der Waals surface area (Å²) in [6.07, 6.45) is 0.853. The van der Waals surface area contributed by atoms with Crippen LogP contribution in [0.4, 0.5) is 11.5 Å². The summed E-state index contributed by atoms with van der Waals surface area (Å²) >= 11 is 0. The summed E-state index contributed by atoms with van der Waals surface area (Å²) in [5, 5.41) is 7.87. The van der Waals surface area contributed by atoms with Gasteiger partial charge in [0.05, 0.1) is 12.1 Å². The van der Waals surface area contributed by atoms with E-state index in [1.165, 1.54) is 0 Å². The molecule has 31 heavy (non-hydrogen) atoms. The van der Waals surface area contributed by atoms with Crippen molar-refractivity contribution in [1.29, 1.82) is 0 Å². The van der Waals surface area contributed by atoms with Gasteiger partial charge in [-0.05, 0) is 29.8 Å². The van der Waals surface area contributed by atoms with Gasteiger partial charge in [-0.25, -0.2) is 4.98 Å². The number of hydrogen-bond acceptors (Lipinski definition) is 5. The average molecular weight is 422 g/mol. The second-order valence-electron chi connectivity index (χ2n) is 7.32. The molecule has 0 saturated carbocycles. The van der Waals surface area contributed by atoms with Crippen LogP contribution >= 0.6 is 0 Å². The van der Waals surface area contributed by atoms with E-state index in [1.54, 1.807) is 14.2 Å². The molecule has 1 aromatic heterocycles. The molecule has 7 nitrogen and oxygen atoms in total. The Morgan fingerprint density at radius 3 is 2.68 bits per heavy atom. The average Bonchev–Trinajstić information content (AvgIpc) is 2.79. The van der Waals surface area contributed by atoms with E-state index in [2.05, 4.69) is 27.8 Å². The van der Waals surface area contributed by atoms with Crippen molar-refractivity contribution < 1.29 is 9.47 Å². The van der Waals surface area contributed by atoms with Gasteiger partial charge in [0, 0.05) is 65.0 Å². The zero-order chi connectivity index (χ0) is 22.1. The predicted molar refractivity (Wildman–Crippen MR) is 128 cm³/mol. The number of nitrogens with one attached hydrogen (secondary N) is 2. The van der Waals surface area contributed by atoms with Crippen LogP contribution in [0.3, 0.4) is 0 Å². The van der Waals surface area contributed by atoms with E-state index in [4.69, 9.17) is 14.5 Å². The van der Waals surface area contributed by atoms with E-state index >= 15 is 0 Å². The quantitative estimate of drug-likeness (QED) is 0.310. The number of guanidine groups is 1. The molecule has 0 aliphatic rings. The van der Waals surface area contributed by atoms with Gasteiger partial charge in [-0.15, -0.1) is 0 Å². The molecule has 0 saturated heterocycles.